The van der Waals surface area contributed by atoms with E-state index in [1.165, 1.54) is 24.5 Å². The van der Waals surface area contributed by atoms with Gasteiger partial charge in [0.15, 0.2) is 11.3 Å². The number of carbonyl (C=O) groups excluding carboxylic acids is 3. The molecule has 2 unspecified atom stereocenters. The molecule has 0 aliphatic carbocycles. The number of quaternary nitrogens is 1. The molecule has 4 aliphatic rings. The Kier molecular flexibility index (Phi) is 24.9. The molecule has 2 atom stereocenters. The lowest BCUT2D eigenvalue weighted by Crippen LogP contribution is -2.66. The number of nitrogens with zero attached hydrogens (tertiary/aromatic N) is 6. The third kappa shape index (κ3) is 17.0. The topological polar surface area (TPSA) is 279 Å². The number of piperazine rings is 1. The van der Waals surface area contributed by atoms with Gasteiger partial charge in [-0.05, 0) is 69.2 Å². The van der Waals surface area contributed by atoms with Gasteiger partial charge in [-0.15, -0.1) is 13.2 Å². The van der Waals surface area contributed by atoms with Gasteiger partial charge in [0.05, 0.1) is 62.7 Å². The van der Waals surface area contributed by atoms with E-state index in [1.54, 1.807) is 30.2 Å². The number of hydrogen-bond donors (Lipinski definition) is 8. The van der Waals surface area contributed by atoms with E-state index in [4.69, 9.17) is 31.1 Å². The molecule has 3 fully saturated rings. The molecule has 24 heteroatoms. The summed E-state index contributed by atoms with van der Waals surface area (Å²) in [6.45, 7) is 21.0. The maximum absolute atomic E-state index is 15.6. The zero-order valence-electron chi connectivity index (χ0n) is 45.9. The number of rotatable bonds is 27. The summed E-state index contributed by atoms with van der Waals surface area (Å²) in [4.78, 5) is 56.5. The van der Waals surface area contributed by atoms with Crippen LogP contribution in [0, 0.1) is 22.3 Å². The Labute approximate surface area is 457 Å². The van der Waals surface area contributed by atoms with E-state index in [9.17, 15) is 19.6 Å². The minimum absolute atomic E-state index is 0.0251. The predicted octanol–water partition coefficient (Wildman–Crippen LogP) is 5.25. The number of hydrazine groups is 1. The number of hydroxylamine groups is 2. The highest BCUT2D eigenvalue weighted by Crippen LogP contribution is 2.46. The van der Waals surface area contributed by atoms with Crippen LogP contribution in [0.15, 0.2) is 67.9 Å². The van der Waals surface area contributed by atoms with E-state index < -0.39 is 39.7 Å². The summed E-state index contributed by atoms with van der Waals surface area (Å²) < 4.78 is 45.9. The summed E-state index contributed by atoms with van der Waals surface area (Å²) in [6.07, 6.45) is 10.4. The van der Waals surface area contributed by atoms with Crippen LogP contribution in [0.4, 0.5) is 37.5 Å². The standard InChI is InChI=1S/C36H56F2N10O3.C16H23N3O6.C2H4/c1-4-5-6-15-50-16-17-51-26-42-32(21-43-39)44-31-20-33(41-25-40-31)47-13-9-36(10-14-47)24-48(23-34(49)45-36)30-19-28(37)27(18-29(30)38)22-46-11-7-35(2,3)8-12-46;1-2-4-13(16(22)25-17)19(23)12-6-3-5-11(14(12)15(19)21)18-7-9-24-10-8-20;1-2/h18-21,25,42-43H,4-17,22-24,26,39H2,1-3H3,(H,45,49)(H,40,41,44);3,5-6,13,18,20H,2,4,7-10,17H2,1H3;1-2H2/b32-21+;;. The third-order valence-electron chi connectivity index (χ3n) is 14.2. The summed E-state index contributed by atoms with van der Waals surface area (Å²) in [6, 6.07) is 8.06. The molecule has 432 valence electrons. The number of aliphatic hydroxyl groups excluding tert-OH is 1. The highest BCUT2D eigenvalue weighted by Gasteiger charge is 2.56. The monoisotopic (exact) mass is 1100 g/mol. The molecule has 4 aliphatic heterocycles. The van der Waals surface area contributed by atoms with Crippen molar-refractivity contribution in [1.82, 2.24) is 35.6 Å². The largest absolute Gasteiger partial charge is 0.619 e. The number of hydrogen-bond acceptors (Lipinski definition) is 20. The number of fused-ring (bicyclic) bond motifs is 1. The van der Waals surface area contributed by atoms with Crippen molar-refractivity contribution in [2.45, 2.75) is 104 Å². The first-order chi connectivity index (χ1) is 37.6. The summed E-state index contributed by atoms with van der Waals surface area (Å²) >= 11 is 0. The third-order valence-corrected chi connectivity index (χ3v) is 14.2. The van der Waals surface area contributed by atoms with E-state index in [0.717, 1.165) is 57.6 Å². The van der Waals surface area contributed by atoms with Gasteiger partial charge in [0.25, 0.3) is 0 Å². The van der Waals surface area contributed by atoms with Gasteiger partial charge in [0.1, 0.15) is 42.1 Å². The minimum atomic E-state index is -1.38. The van der Waals surface area contributed by atoms with Gasteiger partial charge in [-0.1, -0.05) is 46.6 Å². The summed E-state index contributed by atoms with van der Waals surface area (Å²) in [7, 11) is 0. The van der Waals surface area contributed by atoms with Crippen LogP contribution in [-0.2, 0) is 35.2 Å². The Balaban J connectivity index is 0.000000347. The number of amides is 2. The number of anilines is 4. The van der Waals surface area contributed by atoms with Crippen LogP contribution in [0.1, 0.15) is 101 Å². The van der Waals surface area contributed by atoms with Crippen molar-refractivity contribution in [3.8, 4) is 0 Å². The van der Waals surface area contributed by atoms with Gasteiger partial charge >= 0.3 is 11.9 Å². The Hall–Kier alpha value is -6.09. The highest BCUT2D eigenvalue weighted by atomic mass is 19.1. The number of ether oxygens (including phenoxy) is 3. The zero-order chi connectivity index (χ0) is 56.7. The lowest BCUT2D eigenvalue weighted by molar-refractivity contribution is -0.149. The Morgan fingerprint density at radius 2 is 1.68 bits per heavy atom. The number of likely N-dealkylation sites (tertiary alicyclic amines) is 1. The number of halogens is 2. The molecular formula is C54H83F2N13O9. The zero-order valence-corrected chi connectivity index (χ0v) is 45.9. The van der Waals surface area contributed by atoms with Gasteiger partial charge in [0.2, 0.25) is 11.9 Å². The lowest BCUT2D eigenvalue weighted by Gasteiger charge is -2.50. The number of carbonyl (C=O) groups is 3. The number of nitrogens with two attached hydrogens (primary N) is 2. The van der Waals surface area contributed by atoms with Crippen LogP contribution >= 0.6 is 0 Å². The van der Waals surface area contributed by atoms with Crippen LogP contribution in [-0.4, -0.2) is 142 Å². The molecule has 5 heterocycles. The summed E-state index contributed by atoms with van der Waals surface area (Å²) in [5.74, 6) is 9.56. The van der Waals surface area contributed by atoms with Crippen LogP contribution in [0.25, 0.3) is 0 Å². The maximum Gasteiger partial charge on any atom is 0.384 e. The number of piperidine rings is 2. The second kappa shape index (κ2) is 30.9. The first-order valence-corrected chi connectivity index (χ1v) is 26.9. The average molecular weight is 1100 g/mol. The predicted molar refractivity (Wildman–Crippen MR) is 297 cm³/mol. The van der Waals surface area contributed by atoms with Crippen LogP contribution < -0.4 is 52.9 Å². The van der Waals surface area contributed by atoms with Gasteiger partial charge in [-0.2, -0.15) is 5.90 Å². The first-order valence-electron chi connectivity index (χ1n) is 26.9. The normalized spacial score (nSPS) is 19.0. The number of aromatic nitrogens is 2. The van der Waals surface area contributed by atoms with Crippen molar-refractivity contribution >= 4 is 46.5 Å². The van der Waals surface area contributed by atoms with Gasteiger partial charge in [-0.25, -0.2) is 33.0 Å². The highest BCUT2D eigenvalue weighted by molar-refractivity contribution is 6.21. The fraction of sp³-hybridized carbons (Fsp3) is 0.574. The smallest absolute Gasteiger partial charge is 0.384 e. The van der Waals surface area contributed by atoms with Crippen molar-refractivity contribution in [3.63, 3.8) is 0 Å². The molecule has 0 radical (unpaired) electrons. The Morgan fingerprint density at radius 3 is 2.37 bits per heavy atom. The van der Waals surface area contributed by atoms with Gasteiger partial charge < -0.3 is 65.9 Å². The van der Waals surface area contributed by atoms with Crippen LogP contribution in [0.2, 0.25) is 0 Å². The molecule has 0 saturated carbocycles. The van der Waals surface area contributed by atoms with Crippen molar-refractivity contribution in [1.29, 1.82) is 0 Å². The van der Waals surface area contributed by atoms with Crippen molar-refractivity contribution in [2.24, 2.45) is 17.2 Å². The molecule has 10 N–H and O–H groups in total. The molecule has 22 nitrogen and oxygen atoms in total. The molecule has 0 bridgehead atoms. The van der Waals surface area contributed by atoms with Crippen LogP contribution in [0.5, 0.6) is 0 Å². The van der Waals surface area contributed by atoms with E-state index in [-0.39, 0.29) is 61.2 Å². The lowest BCUT2D eigenvalue weighted by atomic mass is 9.82. The second-order valence-corrected chi connectivity index (χ2v) is 20.3. The minimum Gasteiger partial charge on any atom is -0.619 e. The van der Waals surface area contributed by atoms with Crippen LogP contribution in [0.3, 0.4) is 0 Å². The Morgan fingerprint density at radius 1 is 0.949 bits per heavy atom. The quantitative estimate of drug-likeness (QED) is 0.00920. The summed E-state index contributed by atoms with van der Waals surface area (Å²) in [5, 5.41) is 34.3. The SMILES string of the molecule is C=C.CCCC(C(=O)ON)[N+]1([O-])C(=O)c2c(NCCOCCO)cccc21.CCCCCOCCOCN/C(=C\NN)Nc1cc(N2CCC3(CC2)CN(c2cc(F)c(CN4CCC(C)(C)CC4)cc2F)CC(=O)N3)ncn1. The van der Waals surface area contributed by atoms with Crippen molar-refractivity contribution in [3.05, 3.63) is 95.9 Å². The number of benzene rings is 2. The van der Waals surface area contributed by atoms with Crippen molar-refractivity contribution in [2.75, 3.05) is 113 Å². The fourth-order valence-corrected chi connectivity index (χ4v) is 9.85. The summed E-state index contributed by atoms with van der Waals surface area (Å²) in [5.41, 5.74) is 3.70. The first kappa shape index (κ1) is 62.7. The van der Waals surface area contributed by atoms with E-state index in [1.807, 2.05) is 6.07 Å². The Bertz CT molecular complexity index is 2420. The second-order valence-electron chi connectivity index (χ2n) is 20.3. The molecule has 78 heavy (non-hydrogen) atoms. The molecular weight excluding hydrogens is 1010 g/mol. The number of nitrogens with one attached hydrogen (secondary N) is 5. The molecule has 3 aromatic rings. The molecule has 1 spiro atoms. The van der Waals surface area contributed by atoms with E-state index in [0.29, 0.717) is 94.7 Å². The molecule has 1 aromatic heterocycles. The van der Waals surface area contributed by atoms with E-state index in [2.05, 4.69) is 85.2 Å². The number of aliphatic hydroxyl groups is 1. The molecule has 2 aromatic carbocycles. The maximum atomic E-state index is 15.6. The molecule has 3 saturated heterocycles. The van der Waals surface area contributed by atoms with Gasteiger partial charge in [-0.3, -0.25) is 15.5 Å². The van der Waals surface area contributed by atoms with Gasteiger partial charge in [0, 0.05) is 69.5 Å². The average Bonchev–Trinajstić information content (AvgIpc) is 3.63. The van der Waals surface area contributed by atoms with Crippen molar-refractivity contribution < 1.29 is 47.3 Å². The molecule has 7 rings (SSSR count). The molecule has 2 amide bonds. The number of unbranched alkanes of at least 4 members (excludes halogenated alkanes) is 2. The van der Waals surface area contributed by atoms with E-state index >= 15 is 8.78 Å². The fourth-order valence-electron chi connectivity index (χ4n) is 9.85.